The average molecular weight is 433 g/mol. The van der Waals surface area contributed by atoms with Crippen molar-refractivity contribution >= 4 is 42.8 Å². The van der Waals surface area contributed by atoms with Crippen LogP contribution in [-0.4, -0.2) is 47.7 Å². The van der Waals surface area contributed by atoms with Crippen LogP contribution in [0.2, 0.25) is 0 Å². The fourth-order valence-corrected chi connectivity index (χ4v) is 3.79. The van der Waals surface area contributed by atoms with Crippen LogP contribution in [0.5, 0.6) is 0 Å². The van der Waals surface area contributed by atoms with E-state index in [-0.39, 0.29) is 48.7 Å². The largest absolute Gasteiger partial charge is 0.469 e. The fourth-order valence-electron chi connectivity index (χ4n) is 3.79. The standard InChI is InChI=1S/C19H28N4O3.2ClH/c1-26-19(25)14-2-4-15(5-3-14)22-18(24)7-6-16-12-23(13-21-16)17-8-10-20-11-9-17;;/h6-7,12-15,17,20H,2-5,8-11H2,1H3,(H,22,24);2*1H/b7-6+;;. The molecule has 1 saturated heterocycles. The molecule has 0 atom stereocenters. The molecule has 2 heterocycles. The summed E-state index contributed by atoms with van der Waals surface area (Å²) < 4.78 is 6.93. The molecule has 0 radical (unpaired) electrons. The lowest BCUT2D eigenvalue weighted by Crippen LogP contribution is -2.38. The van der Waals surface area contributed by atoms with Gasteiger partial charge in [0.25, 0.3) is 0 Å². The molecule has 0 bridgehead atoms. The fraction of sp³-hybridized carbons (Fsp3) is 0.632. The van der Waals surface area contributed by atoms with Gasteiger partial charge in [-0.3, -0.25) is 9.59 Å². The van der Waals surface area contributed by atoms with Gasteiger partial charge in [-0.1, -0.05) is 0 Å². The zero-order chi connectivity index (χ0) is 18.4. The second-order valence-electron chi connectivity index (χ2n) is 7.14. The summed E-state index contributed by atoms with van der Waals surface area (Å²) in [6.45, 7) is 2.07. The van der Waals surface area contributed by atoms with Crippen molar-refractivity contribution in [3.05, 3.63) is 24.3 Å². The number of ether oxygens (including phenoxy) is 1. The van der Waals surface area contributed by atoms with Crippen LogP contribution in [0.3, 0.4) is 0 Å². The van der Waals surface area contributed by atoms with E-state index in [1.807, 2.05) is 12.5 Å². The maximum Gasteiger partial charge on any atom is 0.308 e. The van der Waals surface area contributed by atoms with Crippen LogP contribution >= 0.6 is 24.8 Å². The summed E-state index contributed by atoms with van der Waals surface area (Å²) in [4.78, 5) is 28.0. The molecule has 0 aromatic carbocycles. The number of rotatable bonds is 5. The van der Waals surface area contributed by atoms with Gasteiger partial charge in [-0.05, 0) is 57.7 Å². The van der Waals surface area contributed by atoms with Crippen molar-refractivity contribution in [1.82, 2.24) is 20.2 Å². The molecule has 2 aliphatic rings. The molecule has 9 heteroatoms. The Balaban J connectivity index is 0.00000196. The van der Waals surface area contributed by atoms with E-state index in [1.54, 1.807) is 12.2 Å². The Kier molecular flexibility index (Phi) is 10.6. The number of piperidine rings is 1. The van der Waals surface area contributed by atoms with E-state index in [1.165, 1.54) is 7.11 Å². The number of esters is 1. The highest BCUT2D eigenvalue weighted by Gasteiger charge is 2.27. The van der Waals surface area contributed by atoms with E-state index in [2.05, 4.69) is 20.2 Å². The predicted octanol–water partition coefficient (Wildman–Crippen LogP) is 2.51. The van der Waals surface area contributed by atoms with Crippen molar-refractivity contribution < 1.29 is 14.3 Å². The average Bonchev–Trinajstić information content (AvgIpc) is 3.16. The minimum Gasteiger partial charge on any atom is -0.469 e. The monoisotopic (exact) mass is 432 g/mol. The second-order valence-corrected chi connectivity index (χ2v) is 7.14. The Hall–Kier alpha value is -1.57. The molecule has 7 nitrogen and oxygen atoms in total. The Bertz CT molecular complexity index is 651. The molecule has 1 aromatic heterocycles. The molecule has 2 fully saturated rings. The van der Waals surface area contributed by atoms with Crippen LogP contribution in [0.1, 0.15) is 50.3 Å². The number of nitrogens with zero attached hydrogens (tertiary/aromatic N) is 2. The topological polar surface area (TPSA) is 85.2 Å². The molecule has 2 N–H and O–H groups in total. The van der Waals surface area contributed by atoms with E-state index in [0.29, 0.717) is 6.04 Å². The minimum atomic E-state index is -0.140. The normalized spacial score (nSPS) is 22.8. The van der Waals surface area contributed by atoms with E-state index in [9.17, 15) is 9.59 Å². The molecule has 1 aliphatic carbocycles. The third-order valence-corrected chi connectivity index (χ3v) is 5.37. The molecule has 28 heavy (non-hydrogen) atoms. The van der Waals surface area contributed by atoms with Gasteiger partial charge in [0, 0.05) is 24.4 Å². The third kappa shape index (κ3) is 6.79. The van der Waals surface area contributed by atoms with Crippen LogP contribution in [0, 0.1) is 5.92 Å². The number of amides is 1. The number of carbonyl (C=O) groups excluding carboxylic acids is 2. The highest BCUT2D eigenvalue weighted by Crippen LogP contribution is 2.25. The summed E-state index contributed by atoms with van der Waals surface area (Å²) in [7, 11) is 1.42. The molecule has 1 amide bonds. The van der Waals surface area contributed by atoms with Gasteiger partial charge in [0.2, 0.25) is 5.91 Å². The maximum absolute atomic E-state index is 12.1. The van der Waals surface area contributed by atoms with Gasteiger partial charge in [0.05, 0.1) is 25.0 Å². The quantitative estimate of drug-likeness (QED) is 0.551. The summed E-state index contributed by atoms with van der Waals surface area (Å²) >= 11 is 0. The Morgan fingerprint density at radius 3 is 2.50 bits per heavy atom. The number of aromatic nitrogens is 2. The van der Waals surface area contributed by atoms with Gasteiger partial charge < -0.3 is 19.9 Å². The van der Waals surface area contributed by atoms with Crippen molar-refractivity contribution in [3.63, 3.8) is 0 Å². The first kappa shape index (κ1) is 24.5. The van der Waals surface area contributed by atoms with E-state index in [4.69, 9.17) is 4.74 Å². The van der Waals surface area contributed by atoms with Crippen LogP contribution in [0.4, 0.5) is 0 Å². The number of methoxy groups -OCH3 is 1. The van der Waals surface area contributed by atoms with E-state index < -0.39 is 0 Å². The van der Waals surface area contributed by atoms with Gasteiger partial charge in [-0.25, -0.2) is 4.98 Å². The van der Waals surface area contributed by atoms with Crippen molar-refractivity contribution in [2.24, 2.45) is 5.92 Å². The molecule has 3 rings (SSSR count). The van der Waals surface area contributed by atoms with E-state index >= 15 is 0 Å². The van der Waals surface area contributed by atoms with Gasteiger partial charge in [0.15, 0.2) is 0 Å². The highest BCUT2D eigenvalue weighted by atomic mass is 35.5. The zero-order valence-electron chi connectivity index (χ0n) is 16.1. The first-order chi connectivity index (χ1) is 12.7. The molecule has 158 valence electrons. The first-order valence-electron chi connectivity index (χ1n) is 9.46. The molecule has 1 saturated carbocycles. The summed E-state index contributed by atoms with van der Waals surface area (Å²) in [5.74, 6) is -0.274. The summed E-state index contributed by atoms with van der Waals surface area (Å²) in [5, 5.41) is 6.37. The zero-order valence-corrected chi connectivity index (χ0v) is 17.8. The number of carbonyl (C=O) groups is 2. The smallest absolute Gasteiger partial charge is 0.308 e. The minimum absolute atomic E-state index is 0. The van der Waals surface area contributed by atoms with Crippen LogP contribution in [-0.2, 0) is 14.3 Å². The maximum atomic E-state index is 12.1. The number of hydrogen-bond donors (Lipinski definition) is 2. The second kappa shape index (κ2) is 12.1. The molecule has 1 aliphatic heterocycles. The van der Waals surface area contributed by atoms with Gasteiger partial charge in [-0.2, -0.15) is 0 Å². The lowest BCUT2D eigenvalue weighted by molar-refractivity contribution is -0.146. The van der Waals surface area contributed by atoms with Gasteiger partial charge in [-0.15, -0.1) is 24.8 Å². The Morgan fingerprint density at radius 2 is 1.86 bits per heavy atom. The first-order valence-corrected chi connectivity index (χ1v) is 9.46. The summed E-state index contributed by atoms with van der Waals surface area (Å²) in [6.07, 6.45) is 12.5. The van der Waals surface area contributed by atoms with Crippen molar-refractivity contribution in [1.29, 1.82) is 0 Å². The van der Waals surface area contributed by atoms with Gasteiger partial charge >= 0.3 is 5.97 Å². The van der Waals surface area contributed by atoms with Crippen LogP contribution < -0.4 is 10.6 Å². The third-order valence-electron chi connectivity index (χ3n) is 5.37. The number of imidazole rings is 1. The SMILES string of the molecule is COC(=O)C1CCC(NC(=O)/C=C/c2cn(C3CCNCC3)cn2)CC1.Cl.Cl. The van der Waals surface area contributed by atoms with Crippen LogP contribution in [0.15, 0.2) is 18.6 Å². The highest BCUT2D eigenvalue weighted by molar-refractivity contribution is 5.91. The lowest BCUT2D eigenvalue weighted by Gasteiger charge is -2.27. The summed E-state index contributed by atoms with van der Waals surface area (Å²) in [6, 6.07) is 0.616. The predicted molar refractivity (Wildman–Crippen MR) is 113 cm³/mol. The van der Waals surface area contributed by atoms with Crippen LogP contribution in [0.25, 0.3) is 6.08 Å². The van der Waals surface area contributed by atoms with Crippen molar-refractivity contribution in [2.75, 3.05) is 20.2 Å². The number of nitrogens with one attached hydrogen (secondary N) is 2. The van der Waals surface area contributed by atoms with Gasteiger partial charge in [0.1, 0.15) is 0 Å². The number of halogens is 2. The summed E-state index contributed by atoms with van der Waals surface area (Å²) in [5.41, 5.74) is 0.799. The molecule has 0 spiro atoms. The van der Waals surface area contributed by atoms with E-state index in [0.717, 1.165) is 57.3 Å². The lowest BCUT2D eigenvalue weighted by atomic mass is 9.86. The Morgan fingerprint density at radius 1 is 1.18 bits per heavy atom. The molecule has 1 aromatic rings. The van der Waals surface area contributed by atoms with Crippen molar-refractivity contribution in [2.45, 2.75) is 50.6 Å². The molecular weight excluding hydrogens is 403 g/mol. The molecule has 0 unspecified atom stereocenters. The number of hydrogen-bond acceptors (Lipinski definition) is 5. The molecular formula is C19H30Cl2N4O3. The van der Waals surface area contributed by atoms with Crippen molar-refractivity contribution in [3.8, 4) is 0 Å². The Labute approximate surface area is 178 Å².